The maximum Gasteiger partial charge on any atom is 0.287 e. The van der Waals surface area contributed by atoms with Gasteiger partial charge in [0.25, 0.3) is 5.91 Å². The Morgan fingerprint density at radius 2 is 2.33 bits per heavy atom. The molecule has 0 saturated heterocycles. The lowest BCUT2D eigenvalue weighted by Gasteiger charge is -2.11. The number of aromatic nitrogens is 1. The number of nitrogens with one attached hydrogen (secondary N) is 2. The highest BCUT2D eigenvalue weighted by Crippen LogP contribution is 2.10. The SMILES string of the molecule is C[C@H](NC(=O)c1ccco1)C(=O)Nc1nccs1. The summed E-state index contributed by atoms with van der Waals surface area (Å²) in [5, 5.41) is 7.37. The van der Waals surface area contributed by atoms with E-state index in [0.29, 0.717) is 5.13 Å². The number of amides is 2. The van der Waals surface area contributed by atoms with Gasteiger partial charge in [0, 0.05) is 11.6 Å². The standard InChI is InChI=1S/C11H11N3O3S/c1-7(9(15)14-11-12-4-6-18-11)13-10(16)8-3-2-5-17-8/h2-7H,1H3,(H,13,16)(H,12,14,15)/t7-/m0/s1. The van der Waals surface area contributed by atoms with Crippen LogP contribution in [0.5, 0.6) is 0 Å². The Hall–Kier alpha value is -2.15. The molecule has 2 rings (SSSR count). The van der Waals surface area contributed by atoms with Crippen LogP contribution < -0.4 is 10.6 Å². The number of thiazole rings is 1. The Kier molecular flexibility index (Phi) is 3.73. The van der Waals surface area contributed by atoms with Crippen molar-refractivity contribution in [1.82, 2.24) is 10.3 Å². The van der Waals surface area contributed by atoms with E-state index in [1.54, 1.807) is 24.6 Å². The molecule has 2 N–H and O–H groups in total. The number of hydrogen-bond donors (Lipinski definition) is 2. The smallest absolute Gasteiger partial charge is 0.287 e. The van der Waals surface area contributed by atoms with Gasteiger partial charge in [0.1, 0.15) is 6.04 Å². The number of furan rings is 1. The van der Waals surface area contributed by atoms with E-state index < -0.39 is 11.9 Å². The molecule has 0 aliphatic rings. The zero-order valence-electron chi connectivity index (χ0n) is 9.54. The van der Waals surface area contributed by atoms with Crippen molar-refractivity contribution in [2.45, 2.75) is 13.0 Å². The number of nitrogens with zero attached hydrogens (tertiary/aromatic N) is 1. The molecule has 0 spiro atoms. The van der Waals surface area contributed by atoms with E-state index in [0.717, 1.165) is 0 Å². The van der Waals surface area contributed by atoms with Crippen molar-refractivity contribution < 1.29 is 14.0 Å². The fourth-order valence-corrected chi connectivity index (χ4v) is 1.77. The number of hydrogen-bond acceptors (Lipinski definition) is 5. The molecule has 0 fully saturated rings. The number of carbonyl (C=O) groups is 2. The van der Waals surface area contributed by atoms with E-state index in [1.165, 1.54) is 23.7 Å². The fraction of sp³-hybridized carbons (Fsp3) is 0.182. The lowest BCUT2D eigenvalue weighted by Crippen LogP contribution is -2.41. The first kappa shape index (κ1) is 12.3. The van der Waals surface area contributed by atoms with Crippen LogP contribution in [0.2, 0.25) is 0 Å². The largest absolute Gasteiger partial charge is 0.459 e. The van der Waals surface area contributed by atoms with Crippen LogP contribution in [0.4, 0.5) is 5.13 Å². The predicted molar refractivity (Wildman–Crippen MR) is 66.4 cm³/mol. The maximum absolute atomic E-state index is 11.7. The van der Waals surface area contributed by atoms with E-state index in [-0.39, 0.29) is 11.7 Å². The zero-order valence-corrected chi connectivity index (χ0v) is 10.4. The Morgan fingerprint density at radius 3 is 2.94 bits per heavy atom. The lowest BCUT2D eigenvalue weighted by molar-refractivity contribution is -0.117. The molecule has 94 valence electrons. The summed E-state index contributed by atoms with van der Waals surface area (Å²) in [6.07, 6.45) is 2.99. The van der Waals surface area contributed by atoms with Gasteiger partial charge in [-0.3, -0.25) is 9.59 Å². The molecular formula is C11H11N3O3S. The van der Waals surface area contributed by atoms with Gasteiger partial charge in [0.15, 0.2) is 10.9 Å². The maximum atomic E-state index is 11.7. The van der Waals surface area contributed by atoms with Crippen molar-refractivity contribution in [2.24, 2.45) is 0 Å². The van der Waals surface area contributed by atoms with E-state index in [1.807, 2.05) is 0 Å². The van der Waals surface area contributed by atoms with Crippen LogP contribution in [-0.2, 0) is 4.79 Å². The summed E-state index contributed by atoms with van der Waals surface area (Å²) >= 11 is 1.31. The quantitative estimate of drug-likeness (QED) is 0.877. The molecule has 2 aromatic rings. The van der Waals surface area contributed by atoms with E-state index >= 15 is 0 Å². The van der Waals surface area contributed by atoms with Gasteiger partial charge in [-0.1, -0.05) is 0 Å². The van der Waals surface area contributed by atoms with Gasteiger partial charge in [-0.25, -0.2) is 4.98 Å². The number of carbonyl (C=O) groups excluding carboxylic acids is 2. The zero-order chi connectivity index (χ0) is 13.0. The Balaban J connectivity index is 1.89. The second-order valence-electron chi connectivity index (χ2n) is 3.50. The van der Waals surface area contributed by atoms with Crippen LogP contribution in [0.3, 0.4) is 0 Å². The third kappa shape index (κ3) is 2.95. The van der Waals surface area contributed by atoms with Gasteiger partial charge >= 0.3 is 0 Å². The fourth-order valence-electron chi connectivity index (χ4n) is 1.24. The van der Waals surface area contributed by atoms with Crippen molar-refractivity contribution in [3.63, 3.8) is 0 Å². The minimum atomic E-state index is -0.675. The Morgan fingerprint density at radius 1 is 1.50 bits per heavy atom. The first-order valence-electron chi connectivity index (χ1n) is 5.21. The minimum Gasteiger partial charge on any atom is -0.459 e. The van der Waals surface area contributed by atoms with Crippen LogP contribution in [0, 0.1) is 0 Å². The molecule has 0 aromatic carbocycles. The molecule has 18 heavy (non-hydrogen) atoms. The lowest BCUT2D eigenvalue weighted by atomic mass is 10.3. The highest BCUT2D eigenvalue weighted by atomic mass is 32.1. The number of anilines is 1. The highest BCUT2D eigenvalue weighted by molar-refractivity contribution is 7.13. The highest BCUT2D eigenvalue weighted by Gasteiger charge is 2.18. The summed E-state index contributed by atoms with van der Waals surface area (Å²) in [5.41, 5.74) is 0. The summed E-state index contributed by atoms with van der Waals surface area (Å²) in [5.74, 6) is -0.587. The van der Waals surface area contributed by atoms with Crippen LogP contribution in [0.25, 0.3) is 0 Å². The Bertz CT molecular complexity index is 522. The Labute approximate surface area is 107 Å². The van der Waals surface area contributed by atoms with Crippen LogP contribution in [-0.4, -0.2) is 22.8 Å². The first-order chi connectivity index (χ1) is 8.66. The van der Waals surface area contributed by atoms with Crippen LogP contribution in [0.1, 0.15) is 17.5 Å². The van der Waals surface area contributed by atoms with Crippen molar-refractivity contribution in [2.75, 3.05) is 5.32 Å². The number of rotatable bonds is 4. The molecule has 0 aliphatic carbocycles. The second-order valence-corrected chi connectivity index (χ2v) is 4.39. The van der Waals surface area contributed by atoms with Gasteiger partial charge in [-0.15, -0.1) is 11.3 Å². The molecule has 6 nitrogen and oxygen atoms in total. The molecular weight excluding hydrogens is 254 g/mol. The molecule has 1 atom stereocenters. The molecule has 0 bridgehead atoms. The molecule has 2 heterocycles. The topological polar surface area (TPSA) is 84.2 Å². The van der Waals surface area contributed by atoms with Gasteiger partial charge in [-0.05, 0) is 19.1 Å². The van der Waals surface area contributed by atoms with Gasteiger partial charge in [0.05, 0.1) is 6.26 Å². The van der Waals surface area contributed by atoms with Crippen molar-refractivity contribution in [3.8, 4) is 0 Å². The first-order valence-corrected chi connectivity index (χ1v) is 6.09. The van der Waals surface area contributed by atoms with E-state index in [4.69, 9.17) is 4.42 Å². The minimum absolute atomic E-state index is 0.170. The summed E-state index contributed by atoms with van der Waals surface area (Å²) in [7, 11) is 0. The predicted octanol–water partition coefficient (Wildman–Crippen LogP) is 1.49. The van der Waals surface area contributed by atoms with Gasteiger partial charge in [-0.2, -0.15) is 0 Å². The summed E-state index contributed by atoms with van der Waals surface area (Å²) < 4.78 is 4.93. The molecule has 0 radical (unpaired) electrons. The molecule has 0 aliphatic heterocycles. The average molecular weight is 265 g/mol. The van der Waals surface area contributed by atoms with Crippen molar-refractivity contribution >= 4 is 28.3 Å². The molecule has 2 aromatic heterocycles. The third-order valence-electron chi connectivity index (χ3n) is 2.15. The van der Waals surface area contributed by atoms with E-state index in [2.05, 4.69) is 15.6 Å². The summed E-state index contributed by atoms with van der Waals surface area (Å²) in [6.45, 7) is 1.59. The second kappa shape index (κ2) is 5.46. The monoisotopic (exact) mass is 265 g/mol. The van der Waals surface area contributed by atoms with Gasteiger partial charge in [0.2, 0.25) is 5.91 Å². The van der Waals surface area contributed by atoms with Crippen molar-refractivity contribution in [3.05, 3.63) is 35.7 Å². The molecule has 7 heteroatoms. The van der Waals surface area contributed by atoms with Crippen molar-refractivity contribution in [1.29, 1.82) is 0 Å². The molecule has 0 unspecified atom stereocenters. The molecule has 2 amide bonds. The van der Waals surface area contributed by atoms with Crippen LogP contribution >= 0.6 is 11.3 Å². The normalized spacial score (nSPS) is 11.8. The molecule has 0 saturated carbocycles. The average Bonchev–Trinajstić information content (AvgIpc) is 3.01. The third-order valence-corrected chi connectivity index (χ3v) is 2.84. The summed E-state index contributed by atoms with van der Waals surface area (Å²) in [6, 6.07) is 2.46. The summed E-state index contributed by atoms with van der Waals surface area (Å²) in [4.78, 5) is 27.3. The van der Waals surface area contributed by atoms with Crippen LogP contribution in [0.15, 0.2) is 34.4 Å². The van der Waals surface area contributed by atoms with E-state index in [9.17, 15) is 9.59 Å². The van der Waals surface area contributed by atoms with Gasteiger partial charge < -0.3 is 15.1 Å².